The first kappa shape index (κ1) is 11.5. The summed E-state index contributed by atoms with van der Waals surface area (Å²) in [5, 5.41) is 10.0. The fourth-order valence-corrected chi connectivity index (χ4v) is 3.10. The van der Waals surface area contributed by atoms with Gasteiger partial charge in [0.25, 0.3) is 5.28 Å². The summed E-state index contributed by atoms with van der Waals surface area (Å²) in [5.41, 5.74) is 5.30. The summed E-state index contributed by atoms with van der Waals surface area (Å²) in [5.74, 6) is -1.56. The van der Waals surface area contributed by atoms with Crippen LogP contribution in [0, 0.1) is 0 Å². The number of nitrogens with two attached hydrogens (primary N) is 1. The van der Waals surface area contributed by atoms with Crippen LogP contribution in [0.4, 0.5) is 0 Å². The Kier molecular flexibility index (Phi) is 2.36. The molecule has 90 valence electrons. The van der Waals surface area contributed by atoms with Crippen LogP contribution in [0.5, 0.6) is 0 Å². The Morgan fingerprint density at radius 1 is 1.81 bits per heavy atom. The second-order valence-corrected chi connectivity index (χ2v) is 6.05. The Labute approximate surface area is 90.6 Å². The third-order valence-corrected chi connectivity index (χ3v) is 4.85. The van der Waals surface area contributed by atoms with Crippen molar-refractivity contribution in [2.45, 2.75) is 24.3 Å². The number of aliphatic hydroxyl groups excluding tert-OH is 1. The maximum Gasteiger partial charge on any atom is 0.355 e. The second-order valence-electron chi connectivity index (χ2n) is 3.78. The number of nitrogens with one attached hydrogen (secondary N) is 1. The van der Waals surface area contributed by atoms with Crippen LogP contribution in [0.2, 0.25) is 0 Å². The van der Waals surface area contributed by atoms with Gasteiger partial charge in [-0.15, -0.1) is 0 Å². The predicted molar refractivity (Wildman–Crippen MR) is 50.2 cm³/mol. The molecule has 9 heteroatoms. The fourth-order valence-electron chi connectivity index (χ4n) is 1.28. The third kappa shape index (κ3) is 1.38. The van der Waals surface area contributed by atoms with E-state index >= 15 is 0 Å². The average Bonchev–Trinajstić information content (AvgIpc) is 2.71. The average molecular weight is 250 g/mol. The van der Waals surface area contributed by atoms with E-state index in [1.165, 1.54) is 6.92 Å². The van der Waals surface area contributed by atoms with E-state index in [0.29, 0.717) is 0 Å². The van der Waals surface area contributed by atoms with Gasteiger partial charge in [0.15, 0.2) is 0 Å². The van der Waals surface area contributed by atoms with Gasteiger partial charge < -0.3 is 20.1 Å². The summed E-state index contributed by atoms with van der Waals surface area (Å²) in [6.07, 6.45) is -1.06. The van der Waals surface area contributed by atoms with Gasteiger partial charge in [0.05, 0.1) is 6.10 Å². The molecule has 2 heterocycles. The lowest BCUT2D eigenvalue weighted by Gasteiger charge is -2.20. The number of hydrogen-bond acceptors (Lipinski definition) is 7. The zero-order valence-corrected chi connectivity index (χ0v) is 9.27. The SMILES string of the molecule is C[C@@H](O)[C@H](N)C(=O)OC[C@@]12NP1(=O)OC2=O. The summed E-state index contributed by atoms with van der Waals surface area (Å²) in [6, 6.07) is -1.19. The molecular formula is C7H11N2O6P. The maximum atomic E-state index is 11.4. The molecule has 0 aromatic heterocycles. The van der Waals surface area contributed by atoms with E-state index in [-0.39, 0.29) is 6.61 Å². The van der Waals surface area contributed by atoms with E-state index in [1.54, 1.807) is 0 Å². The van der Waals surface area contributed by atoms with Crippen molar-refractivity contribution < 1.29 is 28.5 Å². The summed E-state index contributed by atoms with van der Waals surface area (Å²) in [6.45, 7) is 0.949. The smallest absolute Gasteiger partial charge is 0.355 e. The van der Waals surface area contributed by atoms with Crippen LogP contribution in [-0.4, -0.2) is 41.1 Å². The van der Waals surface area contributed by atoms with Gasteiger partial charge in [-0.25, -0.2) is 9.88 Å². The van der Waals surface area contributed by atoms with Gasteiger partial charge in [-0.05, 0) is 6.92 Å². The normalized spacial score (nSPS) is 38.8. The van der Waals surface area contributed by atoms with Crippen molar-refractivity contribution in [1.82, 2.24) is 5.09 Å². The van der Waals surface area contributed by atoms with Crippen molar-refractivity contribution in [2.24, 2.45) is 5.73 Å². The predicted octanol–water partition coefficient (Wildman–Crippen LogP) is -1.71. The van der Waals surface area contributed by atoms with Crippen molar-refractivity contribution in [3.8, 4) is 0 Å². The molecule has 0 aromatic carbocycles. The Morgan fingerprint density at radius 3 is 2.81 bits per heavy atom. The lowest BCUT2D eigenvalue weighted by atomic mass is 10.2. The molecule has 2 aliphatic heterocycles. The van der Waals surface area contributed by atoms with Crippen LogP contribution in [0.1, 0.15) is 6.92 Å². The Balaban J connectivity index is 1.88. The molecular weight excluding hydrogens is 239 g/mol. The molecule has 1 unspecified atom stereocenters. The maximum absolute atomic E-state index is 11.4. The highest BCUT2D eigenvalue weighted by molar-refractivity contribution is 7.70. The number of fused-ring (bicyclic) bond motifs is 1. The van der Waals surface area contributed by atoms with Crippen molar-refractivity contribution in [3.05, 3.63) is 0 Å². The topological polar surface area (TPSA) is 138 Å². The first-order valence-corrected chi connectivity index (χ1v) is 6.19. The summed E-state index contributed by atoms with van der Waals surface area (Å²) in [7, 11) is -3.08. The molecule has 0 saturated carbocycles. The highest BCUT2D eigenvalue weighted by atomic mass is 31.2. The number of hydrogen-bond donors (Lipinski definition) is 3. The quantitative estimate of drug-likeness (QED) is 0.304. The Hall–Kier alpha value is -0.950. The van der Waals surface area contributed by atoms with Crippen LogP contribution < -0.4 is 10.8 Å². The van der Waals surface area contributed by atoms with E-state index in [1.807, 2.05) is 0 Å². The molecule has 4 atom stereocenters. The number of rotatable bonds is 4. The van der Waals surface area contributed by atoms with Crippen molar-refractivity contribution in [1.29, 1.82) is 0 Å². The summed E-state index contributed by atoms with van der Waals surface area (Å²) >= 11 is 0. The highest BCUT2D eigenvalue weighted by Gasteiger charge is 2.85. The molecule has 0 bridgehead atoms. The van der Waals surface area contributed by atoms with Gasteiger partial charge in [0.2, 0.25) is 0 Å². The second kappa shape index (κ2) is 3.27. The van der Waals surface area contributed by atoms with Crippen LogP contribution in [0.3, 0.4) is 0 Å². The highest BCUT2D eigenvalue weighted by Crippen LogP contribution is 2.78. The van der Waals surface area contributed by atoms with E-state index in [9.17, 15) is 14.2 Å². The minimum Gasteiger partial charge on any atom is -0.461 e. The number of carbonyl (C=O) groups is 2. The molecule has 0 amide bonds. The Morgan fingerprint density at radius 2 is 2.44 bits per heavy atom. The molecule has 2 fully saturated rings. The zero-order chi connectivity index (χ0) is 12.1. The molecule has 2 aliphatic rings. The minimum atomic E-state index is -3.08. The van der Waals surface area contributed by atoms with Crippen LogP contribution in [-0.2, 0) is 23.4 Å². The molecule has 0 spiro atoms. The molecule has 16 heavy (non-hydrogen) atoms. The van der Waals surface area contributed by atoms with Crippen molar-refractivity contribution in [3.63, 3.8) is 0 Å². The molecule has 4 N–H and O–H groups in total. The number of ether oxygens (including phenoxy) is 1. The van der Waals surface area contributed by atoms with Gasteiger partial charge in [0.1, 0.15) is 12.6 Å². The van der Waals surface area contributed by atoms with E-state index in [4.69, 9.17) is 10.8 Å². The van der Waals surface area contributed by atoms with Gasteiger partial charge in [-0.1, -0.05) is 0 Å². The lowest BCUT2D eigenvalue weighted by molar-refractivity contribution is -0.152. The first-order chi connectivity index (χ1) is 7.32. The molecule has 2 saturated heterocycles. The van der Waals surface area contributed by atoms with Crippen LogP contribution in [0.25, 0.3) is 0 Å². The fraction of sp³-hybridized carbons (Fsp3) is 0.714. The van der Waals surface area contributed by atoms with Crippen molar-refractivity contribution >= 4 is 19.5 Å². The standard InChI is InChI=1S/C7H11N2O6P/c1-3(10)4(8)5(11)14-2-7-6(12)15-16(7,13)9-7/h3-4,10H,2,8H2,1H3,(H,9,13)/t3-,4+,7-,16?/m1/s1. The summed E-state index contributed by atoms with van der Waals surface area (Å²) in [4.78, 5) is 22.2. The van der Waals surface area contributed by atoms with Crippen LogP contribution in [0.15, 0.2) is 0 Å². The van der Waals surface area contributed by atoms with E-state index in [0.717, 1.165) is 0 Å². The number of aliphatic hydroxyl groups is 1. The van der Waals surface area contributed by atoms with Crippen molar-refractivity contribution in [2.75, 3.05) is 6.61 Å². The Bertz CT molecular complexity index is 410. The third-order valence-electron chi connectivity index (χ3n) is 2.55. The lowest BCUT2D eigenvalue weighted by Crippen LogP contribution is -2.45. The van der Waals surface area contributed by atoms with Crippen LogP contribution >= 0.6 is 7.52 Å². The first-order valence-electron chi connectivity index (χ1n) is 4.56. The van der Waals surface area contributed by atoms with Gasteiger partial charge >= 0.3 is 19.5 Å². The van der Waals surface area contributed by atoms with Gasteiger partial charge in [0, 0.05) is 0 Å². The molecule has 2 rings (SSSR count). The monoisotopic (exact) mass is 250 g/mol. The van der Waals surface area contributed by atoms with E-state index in [2.05, 4.69) is 14.3 Å². The molecule has 0 aromatic rings. The zero-order valence-electron chi connectivity index (χ0n) is 8.37. The minimum absolute atomic E-state index is 0.387. The van der Waals surface area contributed by atoms with E-state index < -0.39 is 36.9 Å². The van der Waals surface area contributed by atoms with Gasteiger partial charge in [-0.3, -0.25) is 9.36 Å². The van der Waals surface area contributed by atoms with Gasteiger partial charge in [-0.2, -0.15) is 0 Å². The number of carbonyl (C=O) groups excluding carboxylic acids is 2. The number of esters is 1. The molecule has 8 nitrogen and oxygen atoms in total. The largest absolute Gasteiger partial charge is 0.461 e. The molecule has 0 aliphatic carbocycles. The summed E-state index contributed by atoms with van der Waals surface area (Å²) < 4.78 is 20.4. The molecule has 0 radical (unpaired) electrons.